The summed E-state index contributed by atoms with van der Waals surface area (Å²) in [4.78, 5) is 12.1. The lowest BCUT2D eigenvalue weighted by Gasteiger charge is -2.13. The first-order chi connectivity index (χ1) is 8.15. The van der Waals surface area contributed by atoms with E-state index < -0.39 is 0 Å². The predicted molar refractivity (Wildman–Crippen MR) is 67.7 cm³/mol. The maximum atomic E-state index is 5.79. The van der Waals surface area contributed by atoms with Crippen LogP contribution in [0.3, 0.4) is 0 Å². The van der Waals surface area contributed by atoms with Gasteiger partial charge in [0.2, 0.25) is 5.95 Å². The van der Waals surface area contributed by atoms with Crippen molar-refractivity contribution in [3.05, 3.63) is 41.3 Å². The molecule has 88 valence electrons. The highest BCUT2D eigenvalue weighted by atomic mass is 35.5. The van der Waals surface area contributed by atoms with Crippen molar-refractivity contribution in [2.75, 3.05) is 11.1 Å². The Kier molecular flexibility index (Phi) is 3.39. The van der Waals surface area contributed by atoms with Crippen molar-refractivity contribution in [1.82, 2.24) is 15.0 Å². The average molecular weight is 250 g/mol. The van der Waals surface area contributed by atoms with Gasteiger partial charge in [0, 0.05) is 12.3 Å². The number of anilines is 2. The Balaban J connectivity index is 2.16. The Labute approximate surface area is 104 Å². The number of hydrogen-bond donors (Lipinski definition) is 2. The third kappa shape index (κ3) is 3.04. The number of halogens is 1. The van der Waals surface area contributed by atoms with Gasteiger partial charge in [0.05, 0.1) is 11.7 Å². The second kappa shape index (κ2) is 4.97. The van der Waals surface area contributed by atoms with E-state index in [1.54, 1.807) is 12.3 Å². The van der Waals surface area contributed by atoms with Gasteiger partial charge in [0.15, 0.2) is 0 Å². The molecule has 0 radical (unpaired) electrons. The average Bonchev–Trinajstić information content (AvgIpc) is 2.28. The van der Waals surface area contributed by atoms with Gasteiger partial charge in [-0.05, 0) is 19.1 Å². The van der Waals surface area contributed by atoms with Crippen molar-refractivity contribution in [1.29, 1.82) is 0 Å². The molecule has 0 amide bonds. The molecule has 0 spiro atoms. The lowest BCUT2D eigenvalue weighted by atomic mass is 10.2. The van der Waals surface area contributed by atoms with Gasteiger partial charge in [-0.1, -0.05) is 17.7 Å². The second-order valence-corrected chi connectivity index (χ2v) is 3.94. The molecule has 1 unspecified atom stereocenters. The highest BCUT2D eigenvalue weighted by Crippen LogP contribution is 2.18. The summed E-state index contributed by atoms with van der Waals surface area (Å²) in [6, 6.07) is 7.38. The molecule has 2 heterocycles. The van der Waals surface area contributed by atoms with Crippen LogP contribution in [0.1, 0.15) is 18.7 Å². The topological polar surface area (TPSA) is 76.7 Å². The maximum absolute atomic E-state index is 5.79. The summed E-state index contributed by atoms with van der Waals surface area (Å²) in [6.07, 6.45) is 1.74. The van der Waals surface area contributed by atoms with Crippen LogP contribution in [0.5, 0.6) is 0 Å². The first-order valence-electron chi connectivity index (χ1n) is 5.12. The molecule has 5 nitrogen and oxygen atoms in total. The summed E-state index contributed by atoms with van der Waals surface area (Å²) in [5.74, 6) is 0.730. The predicted octanol–water partition coefficient (Wildman–Crippen LogP) is 2.28. The molecule has 0 aliphatic heterocycles. The van der Waals surface area contributed by atoms with Crippen molar-refractivity contribution < 1.29 is 0 Å². The summed E-state index contributed by atoms with van der Waals surface area (Å²) in [5, 5.41) is 3.47. The fraction of sp³-hybridized carbons (Fsp3) is 0.182. The fourth-order valence-corrected chi connectivity index (χ4v) is 1.63. The molecule has 17 heavy (non-hydrogen) atoms. The van der Waals surface area contributed by atoms with Crippen LogP contribution in [0.25, 0.3) is 0 Å². The van der Waals surface area contributed by atoms with E-state index in [1.807, 2.05) is 25.1 Å². The molecule has 2 rings (SSSR count). The third-order valence-corrected chi connectivity index (χ3v) is 2.40. The number of hydrogen-bond acceptors (Lipinski definition) is 5. The SMILES string of the molecule is CC(Nc1cc(Cl)nc(N)n1)c1ccccn1. The van der Waals surface area contributed by atoms with Gasteiger partial charge in [-0.3, -0.25) is 4.98 Å². The molecule has 0 aliphatic rings. The second-order valence-electron chi connectivity index (χ2n) is 3.55. The van der Waals surface area contributed by atoms with Crippen molar-refractivity contribution >= 4 is 23.4 Å². The molecule has 0 bridgehead atoms. The highest BCUT2D eigenvalue weighted by molar-refractivity contribution is 6.29. The zero-order valence-electron chi connectivity index (χ0n) is 9.26. The first-order valence-corrected chi connectivity index (χ1v) is 5.50. The Bertz CT molecular complexity index is 482. The van der Waals surface area contributed by atoms with Crippen LogP contribution in [0.15, 0.2) is 30.5 Å². The van der Waals surface area contributed by atoms with Gasteiger partial charge < -0.3 is 11.1 Å². The molecular weight excluding hydrogens is 238 g/mol. The van der Waals surface area contributed by atoms with Crippen molar-refractivity contribution in [2.45, 2.75) is 13.0 Å². The van der Waals surface area contributed by atoms with Crippen LogP contribution >= 0.6 is 11.6 Å². The lowest BCUT2D eigenvalue weighted by Crippen LogP contribution is -2.10. The molecule has 0 saturated heterocycles. The van der Waals surface area contributed by atoms with E-state index in [1.165, 1.54) is 0 Å². The van der Waals surface area contributed by atoms with E-state index in [2.05, 4.69) is 20.3 Å². The van der Waals surface area contributed by atoms with Crippen LogP contribution in [0.2, 0.25) is 5.15 Å². The Hall–Kier alpha value is -1.88. The zero-order valence-corrected chi connectivity index (χ0v) is 10.0. The minimum absolute atomic E-state index is 0.0153. The molecule has 2 aromatic heterocycles. The highest BCUT2D eigenvalue weighted by Gasteiger charge is 2.08. The number of nitrogens with zero attached hydrogens (tertiary/aromatic N) is 3. The van der Waals surface area contributed by atoms with Crippen LogP contribution in [0.4, 0.5) is 11.8 Å². The molecule has 0 fully saturated rings. The van der Waals surface area contributed by atoms with E-state index in [0.29, 0.717) is 11.0 Å². The molecule has 0 aromatic carbocycles. The van der Waals surface area contributed by atoms with Gasteiger partial charge in [-0.2, -0.15) is 4.98 Å². The quantitative estimate of drug-likeness (QED) is 0.816. The molecule has 3 N–H and O–H groups in total. The Morgan fingerprint density at radius 2 is 2.18 bits per heavy atom. The smallest absolute Gasteiger partial charge is 0.223 e. The zero-order chi connectivity index (χ0) is 12.3. The minimum Gasteiger partial charge on any atom is -0.368 e. The van der Waals surface area contributed by atoms with Gasteiger partial charge in [0.1, 0.15) is 11.0 Å². The lowest BCUT2D eigenvalue weighted by molar-refractivity contribution is 0.831. The van der Waals surface area contributed by atoms with Crippen molar-refractivity contribution in [3.63, 3.8) is 0 Å². The van der Waals surface area contributed by atoms with Gasteiger partial charge >= 0.3 is 0 Å². The standard InChI is InChI=1S/C11H12ClN5/c1-7(8-4-2-3-5-14-8)15-10-6-9(12)16-11(13)17-10/h2-7H,1H3,(H3,13,15,16,17). The van der Waals surface area contributed by atoms with Gasteiger partial charge in [-0.15, -0.1) is 0 Å². The minimum atomic E-state index is 0.0153. The maximum Gasteiger partial charge on any atom is 0.223 e. The molecule has 2 aromatic rings. The fourth-order valence-electron chi connectivity index (χ4n) is 1.44. The van der Waals surface area contributed by atoms with Crippen molar-refractivity contribution in [3.8, 4) is 0 Å². The number of aromatic nitrogens is 3. The largest absolute Gasteiger partial charge is 0.368 e. The van der Waals surface area contributed by atoms with E-state index in [0.717, 1.165) is 5.69 Å². The monoisotopic (exact) mass is 249 g/mol. The number of pyridine rings is 1. The van der Waals surface area contributed by atoms with Crippen molar-refractivity contribution in [2.24, 2.45) is 0 Å². The van der Waals surface area contributed by atoms with E-state index in [-0.39, 0.29) is 12.0 Å². The third-order valence-electron chi connectivity index (χ3n) is 2.21. The Morgan fingerprint density at radius 3 is 2.82 bits per heavy atom. The van der Waals surface area contributed by atoms with E-state index in [4.69, 9.17) is 17.3 Å². The number of rotatable bonds is 3. The molecule has 1 atom stereocenters. The summed E-state index contributed by atoms with van der Waals surface area (Å²) < 4.78 is 0. The summed E-state index contributed by atoms with van der Waals surface area (Å²) in [6.45, 7) is 1.98. The number of nitrogens with one attached hydrogen (secondary N) is 1. The normalized spacial score (nSPS) is 12.1. The van der Waals surface area contributed by atoms with Crippen LogP contribution in [0, 0.1) is 0 Å². The number of nitrogens with two attached hydrogens (primary N) is 1. The molecule has 0 aliphatic carbocycles. The summed E-state index contributed by atoms with van der Waals surface area (Å²) >= 11 is 5.79. The van der Waals surface area contributed by atoms with E-state index >= 15 is 0 Å². The van der Waals surface area contributed by atoms with Crippen LogP contribution in [-0.4, -0.2) is 15.0 Å². The molecule has 0 saturated carbocycles. The van der Waals surface area contributed by atoms with Gasteiger partial charge in [0.25, 0.3) is 0 Å². The summed E-state index contributed by atoms with van der Waals surface area (Å²) in [7, 11) is 0. The van der Waals surface area contributed by atoms with E-state index in [9.17, 15) is 0 Å². The number of nitrogen functional groups attached to an aromatic ring is 1. The molecule has 6 heteroatoms. The Morgan fingerprint density at radius 1 is 1.35 bits per heavy atom. The first kappa shape index (κ1) is 11.6. The summed E-state index contributed by atoms with van der Waals surface area (Å²) in [5.41, 5.74) is 6.43. The van der Waals surface area contributed by atoms with Gasteiger partial charge in [-0.25, -0.2) is 4.98 Å². The molecular formula is C11H12ClN5. The van der Waals surface area contributed by atoms with Crippen LogP contribution in [-0.2, 0) is 0 Å². The van der Waals surface area contributed by atoms with Crippen LogP contribution < -0.4 is 11.1 Å².